The first-order chi connectivity index (χ1) is 16.9. The molecule has 1 saturated heterocycles. The van der Waals surface area contributed by atoms with Crippen LogP contribution in [0.15, 0.2) is 48.7 Å². The van der Waals surface area contributed by atoms with Gasteiger partial charge in [0.1, 0.15) is 5.69 Å². The smallest absolute Gasteiger partial charge is 0.270 e. The first-order valence-corrected chi connectivity index (χ1v) is 12.8. The van der Waals surface area contributed by atoms with E-state index in [9.17, 15) is 4.79 Å². The zero-order valence-corrected chi connectivity index (χ0v) is 21.5. The van der Waals surface area contributed by atoms with Crippen LogP contribution in [0.3, 0.4) is 0 Å². The SMILES string of the molecule is Cc1cc(Cl)ccc1-c1ccc(C(=O)N[C@H]2CCc3c(C)ccc(N4CCN(C)CC4)c3C2)nc1. The number of aromatic nitrogens is 1. The number of likely N-dealkylation sites (N-methyl/N-ethyl adjacent to an activating group) is 1. The average Bonchev–Trinajstić information content (AvgIpc) is 2.85. The largest absolute Gasteiger partial charge is 0.369 e. The molecule has 1 fully saturated rings. The maximum absolute atomic E-state index is 13.1. The Morgan fingerprint density at radius 2 is 1.80 bits per heavy atom. The molecule has 2 heterocycles. The normalized spacial score (nSPS) is 18.3. The van der Waals surface area contributed by atoms with E-state index in [2.05, 4.69) is 46.2 Å². The Morgan fingerprint density at radius 3 is 2.51 bits per heavy atom. The van der Waals surface area contributed by atoms with Gasteiger partial charge in [-0.1, -0.05) is 29.8 Å². The number of carbonyl (C=O) groups is 1. The van der Waals surface area contributed by atoms with Gasteiger partial charge in [-0.15, -0.1) is 0 Å². The van der Waals surface area contributed by atoms with E-state index in [0.29, 0.717) is 5.69 Å². The average molecular weight is 489 g/mol. The second-order valence-electron chi connectivity index (χ2n) is 9.95. The lowest BCUT2D eigenvalue weighted by Crippen LogP contribution is -2.45. The third kappa shape index (κ3) is 5.07. The molecule has 1 amide bonds. The number of nitrogens with zero attached hydrogens (tertiary/aromatic N) is 3. The Balaban J connectivity index is 1.30. The van der Waals surface area contributed by atoms with Crippen molar-refractivity contribution in [3.8, 4) is 11.1 Å². The van der Waals surface area contributed by atoms with E-state index in [-0.39, 0.29) is 11.9 Å². The van der Waals surface area contributed by atoms with E-state index >= 15 is 0 Å². The van der Waals surface area contributed by atoms with Crippen LogP contribution in [0.5, 0.6) is 0 Å². The molecule has 0 radical (unpaired) electrons. The van der Waals surface area contributed by atoms with E-state index in [1.807, 2.05) is 37.3 Å². The fourth-order valence-corrected chi connectivity index (χ4v) is 5.63. The minimum absolute atomic E-state index is 0.105. The van der Waals surface area contributed by atoms with Gasteiger partial charge in [0.25, 0.3) is 5.91 Å². The van der Waals surface area contributed by atoms with Crippen molar-refractivity contribution in [2.45, 2.75) is 39.2 Å². The Bertz CT molecular complexity index is 1230. The van der Waals surface area contributed by atoms with Crippen molar-refractivity contribution in [1.82, 2.24) is 15.2 Å². The molecule has 1 N–H and O–H groups in total. The number of hydrogen-bond donors (Lipinski definition) is 1. The minimum atomic E-state index is -0.105. The molecule has 0 saturated carbocycles. The summed E-state index contributed by atoms with van der Waals surface area (Å²) in [6.45, 7) is 8.50. The van der Waals surface area contributed by atoms with Crippen LogP contribution >= 0.6 is 11.6 Å². The number of anilines is 1. The van der Waals surface area contributed by atoms with Crippen LogP contribution in [-0.2, 0) is 12.8 Å². The standard InChI is InChI=1S/C29H33ClN4O/c1-19-4-11-28(34-14-12-33(3)13-15-34)26-17-23(7-9-25(19)26)32-29(35)27-10-5-21(18-31-27)24-8-6-22(30)16-20(24)2/h4-6,8,10-11,16,18,23H,7,9,12-15,17H2,1-3H3,(H,32,35)/t23-/m0/s1. The Hall–Kier alpha value is -2.89. The number of halogens is 1. The molecule has 2 aliphatic rings. The molecule has 0 spiro atoms. The van der Waals surface area contributed by atoms with Crippen LogP contribution in [0, 0.1) is 13.8 Å². The highest BCUT2D eigenvalue weighted by Gasteiger charge is 2.27. The molecule has 5 rings (SSSR count). The highest BCUT2D eigenvalue weighted by molar-refractivity contribution is 6.30. The summed E-state index contributed by atoms with van der Waals surface area (Å²) in [5.74, 6) is -0.105. The second-order valence-corrected chi connectivity index (χ2v) is 10.4. The van der Waals surface area contributed by atoms with Gasteiger partial charge < -0.3 is 15.1 Å². The number of fused-ring (bicyclic) bond motifs is 1. The van der Waals surface area contributed by atoms with Crippen LogP contribution in [0.25, 0.3) is 11.1 Å². The summed E-state index contributed by atoms with van der Waals surface area (Å²) in [4.78, 5) is 22.4. The number of hydrogen-bond acceptors (Lipinski definition) is 4. The molecule has 0 unspecified atom stereocenters. The first kappa shape index (κ1) is 23.8. The molecule has 1 aromatic heterocycles. The monoisotopic (exact) mass is 488 g/mol. The number of pyridine rings is 1. The molecular formula is C29H33ClN4O. The van der Waals surface area contributed by atoms with E-state index in [1.165, 1.54) is 22.4 Å². The molecule has 5 nitrogen and oxygen atoms in total. The number of nitrogens with one attached hydrogen (secondary N) is 1. The van der Waals surface area contributed by atoms with Gasteiger partial charge in [0, 0.05) is 54.7 Å². The molecule has 182 valence electrons. The summed E-state index contributed by atoms with van der Waals surface area (Å²) in [7, 11) is 2.19. The third-order valence-corrected chi connectivity index (χ3v) is 7.74. The Morgan fingerprint density at radius 1 is 1.00 bits per heavy atom. The molecular weight excluding hydrogens is 456 g/mol. The zero-order valence-electron chi connectivity index (χ0n) is 20.8. The molecule has 1 aliphatic heterocycles. The molecule has 1 atom stereocenters. The maximum Gasteiger partial charge on any atom is 0.270 e. The maximum atomic E-state index is 13.1. The number of carbonyl (C=O) groups excluding carboxylic acids is 1. The van der Waals surface area contributed by atoms with Gasteiger partial charge >= 0.3 is 0 Å². The van der Waals surface area contributed by atoms with Gasteiger partial charge in [0.15, 0.2) is 0 Å². The number of aryl methyl sites for hydroxylation is 2. The van der Waals surface area contributed by atoms with Gasteiger partial charge in [0.2, 0.25) is 0 Å². The highest BCUT2D eigenvalue weighted by Crippen LogP contribution is 2.33. The van der Waals surface area contributed by atoms with Crippen LogP contribution in [0.1, 0.15) is 39.2 Å². The van der Waals surface area contributed by atoms with Crippen LogP contribution in [-0.4, -0.2) is 55.1 Å². The molecule has 2 aromatic carbocycles. The minimum Gasteiger partial charge on any atom is -0.369 e. The summed E-state index contributed by atoms with van der Waals surface area (Å²) in [5, 5.41) is 3.98. The Kier molecular flexibility index (Phi) is 6.81. The van der Waals surface area contributed by atoms with Crippen LogP contribution < -0.4 is 10.2 Å². The van der Waals surface area contributed by atoms with E-state index in [1.54, 1.807) is 6.20 Å². The number of amides is 1. The summed E-state index contributed by atoms with van der Waals surface area (Å²) in [6, 6.07) is 14.2. The summed E-state index contributed by atoms with van der Waals surface area (Å²) in [6.07, 6.45) is 4.59. The fourth-order valence-electron chi connectivity index (χ4n) is 5.41. The van der Waals surface area contributed by atoms with Crippen molar-refractivity contribution in [1.29, 1.82) is 0 Å². The Labute approximate surface area is 213 Å². The lowest BCUT2D eigenvalue weighted by atomic mass is 9.84. The van der Waals surface area contributed by atoms with Crippen molar-refractivity contribution < 1.29 is 4.79 Å². The zero-order chi connectivity index (χ0) is 24.5. The quantitative estimate of drug-likeness (QED) is 0.557. The second kappa shape index (κ2) is 10.00. The van der Waals surface area contributed by atoms with Gasteiger partial charge in [-0.05, 0) is 92.2 Å². The van der Waals surface area contributed by atoms with Gasteiger partial charge in [0.05, 0.1) is 0 Å². The van der Waals surface area contributed by atoms with Crippen molar-refractivity contribution in [2.24, 2.45) is 0 Å². The van der Waals surface area contributed by atoms with Crippen LogP contribution in [0.2, 0.25) is 5.02 Å². The van der Waals surface area contributed by atoms with Crippen molar-refractivity contribution >= 4 is 23.2 Å². The lowest BCUT2D eigenvalue weighted by molar-refractivity contribution is 0.0928. The number of rotatable bonds is 4. The molecule has 35 heavy (non-hydrogen) atoms. The third-order valence-electron chi connectivity index (χ3n) is 7.51. The summed E-state index contributed by atoms with van der Waals surface area (Å²) < 4.78 is 0. The predicted molar refractivity (Wildman–Crippen MR) is 144 cm³/mol. The van der Waals surface area contributed by atoms with E-state index < -0.39 is 0 Å². The first-order valence-electron chi connectivity index (χ1n) is 12.5. The van der Waals surface area contributed by atoms with E-state index in [4.69, 9.17) is 11.6 Å². The number of piperazine rings is 1. The number of benzene rings is 2. The van der Waals surface area contributed by atoms with Crippen molar-refractivity contribution in [3.63, 3.8) is 0 Å². The summed E-state index contributed by atoms with van der Waals surface area (Å²) >= 11 is 6.09. The fraction of sp³-hybridized carbons (Fsp3) is 0.379. The van der Waals surface area contributed by atoms with Crippen LogP contribution in [0.4, 0.5) is 5.69 Å². The highest BCUT2D eigenvalue weighted by atomic mass is 35.5. The van der Waals surface area contributed by atoms with Gasteiger partial charge in [-0.3, -0.25) is 9.78 Å². The van der Waals surface area contributed by atoms with Crippen molar-refractivity contribution in [3.05, 3.63) is 81.6 Å². The molecule has 6 heteroatoms. The van der Waals surface area contributed by atoms with Crippen molar-refractivity contribution in [2.75, 3.05) is 38.1 Å². The molecule has 1 aliphatic carbocycles. The molecule has 3 aromatic rings. The van der Waals surface area contributed by atoms with E-state index in [0.717, 1.165) is 67.2 Å². The topological polar surface area (TPSA) is 48.5 Å². The lowest BCUT2D eigenvalue weighted by Gasteiger charge is -2.37. The van der Waals surface area contributed by atoms with Gasteiger partial charge in [-0.25, -0.2) is 0 Å². The van der Waals surface area contributed by atoms with Gasteiger partial charge in [-0.2, -0.15) is 0 Å². The summed E-state index contributed by atoms with van der Waals surface area (Å²) in [5.41, 5.74) is 9.17. The predicted octanol–water partition coefficient (Wildman–Crippen LogP) is 5.06. The molecule has 0 bridgehead atoms.